The first-order valence-corrected chi connectivity index (χ1v) is 8.52. The Labute approximate surface area is 149 Å². The van der Waals surface area contributed by atoms with Crippen LogP contribution in [0.1, 0.15) is 27.4 Å². The van der Waals surface area contributed by atoms with E-state index in [1.165, 1.54) is 11.1 Å². The predicted molar refractivity (Wildman–Crippen MR) is 98.1 cm³/mol. The number of hydrogen-bond donors (Lipinski definition) is 0. The van der Waals surface area contributed by atoms with Crippen LogP contribution in [0.5, 0.6) is 5.88 Å². The van der Waals surface area contributed by atoms with Gasteiger partial charge in [0, 0.05) is 42.9 Å². The molecule has 0 spiro atoms. The molecule has 2 aromatic rings. The Morgan fingerprint density at radius 3 is 2.56 bits per heavy atom. The lowest BCUT2D eigenvalue weighted by atomic mass is 9.93. The summed E-state index contributed by atoms with van der Waals surface area (Å²) in [6, 6.07) is 12.4. The number of hydrogen-bond acceptors (Lipinski definition) is 4. The first-order valence-electron chi connectivity index (χ1n) is 8.52. The second-order valence-corrected chi connectivity index (χ2v) is 6.85. The molecule has 1 amide bonds. The Morgan fingerprint density at radius 1 is 1.20 bits per heavy atom. The number of carbonyl (C=O) groups is 1. The maximum absolute atomic E-state index is 12.9. The van der Waals surface area contributed by atoms with Gasteiger partial charge in [-0.25, -0.2) is 4.98 Å². The normalized spacial score (nSPS) is 20.1. The largest absolute Gasteiger partial charge is 0.481 e. The van der Waals surface area contributed by atoms with Crippen molar-refractivity contribution >= 4 is 5.91 Å². The number of amides is 1. The van der Waals surface area contributed by atoms with Crippen molar-refractivity contribution in [2.24, 2.45) is 0 Å². The van der Waals surface area contributed by atoms with E-state index in [1.807, 2.05) is 4.90 Å². The number of benzene rings is 1. The highest BCUT2D eigenvalue weighted by molar-refractivity contribution is 5.94. The second kappa shape index (κ2) is 7.23. The van der Waals surface area contributed by atoms with Crippen LogP contribution >= 0.6 is 0 Å². The number of rotatable bonds is 4. The Hall–Kier alpha value is -2.40. The predicted octanol–water partition coefficient (Wildman–Crippen LogP) is 2.57. The van der Waals surface area contributed by atoms with Gasteiger partial charge < -0.3 is 14.5 Å². The van der Waals surface area contributed by atoms with Crippen LogP contribution in [-0.4, -0.2) is 61.0 Å². The highest BCUT2D eigenvalue weighted by atomic mass is 16.5. The van der Waals surface area contributed by atoms with Crippen LogP contribution in [0.15, 0.2) is 42.6 Å². The molecule has 132 valence electrons. The van der Waals surface area contributed by atoms with Gasteiger partial charge in [-0.05, 0) is 32.6 Å². The van der Waals surface area contributed by atoms with Crippen LogP contribution in [0, 0.1) is 6.92 Å². The summed E-state index contributed by atoms with van der Waals surface area (Å²) < 4.78 is 5.14. The minimum absolute atomic E-state index is 0.0298. The van der Waals surface area contributed by atoms with Gasteiger partial charge in [0.25, 0.3) is 5.91 Å². The Morgan fingerprint density at radius 2 is 1.92 bits per heavy atom. The molecular formula is C20H25N3O2. The number of aryl methyl sites for hydroxylation is 1. The summed E-state index contributed by atoms with van der Waals surface area (Å²) >= 11 is 0. The first kappa shape index (κ1) is 17.4. The highest BCUT2D eigenvalue weighted by Gasteiger charge is 2.37. The van der Waals surface area contributed by atoms with E-state index in [0.29, 0.717) is 23.4 Å². The van der Waals surface area contributed by atoms with Crippen LogP contribution in [-0.2, 0) is 0 Å². The zero-order valence-corrected chi connectivity index (χ0v) is 15.3. The van der Waals surface area contributed by atoms with Gasteiger partial charge in [-0.2, -0.15) is 0 Å². The van der Waals surface area contributed by atoms with Crippen molar-refractivity contribution in [1.29, 1.82) is 0 Å². The fraction of sp³-hybridized carbons (Fsp3) is 0.400. The average Bonchev–Trinajstić information content (AvgIpc) is 3.07. The third-order valence-electron chi connectivity index (χ3n) is 4.94. The van der Waals surface area contributed by atoms with Crippen molar-refractivity contribution in [2.75, 3.05) is 34.3 Å². The molecule has 1 aliphatic heterocycles. The average molecular weight is 339 g/mol. The summed E-state index contributed by atoms with van der Waals surface area (Å²) in [5.74, 6) is 0.801. The lowest BCUT2D eigenvalue weighted by Gasteiger charge is -2.25. The summed E-state index contributed by atoms with van der Waals surface area (Å²) in [6.45, 7) is 3.53. The van der Waals surface area contributed by atoms with E-state index in [2.05, 4.69) is 55.2 Å². The number of likely N-dealkylation sites (tertiary alicyclic amines) is 1. The van der Waals surface area contributed by atoms with Gasteiger partial charge in [-0.3, -0.25) is 4.79 Å². The van der Waals surface area contributed by atoms with Gasteiger partial charge in [0.1, 0.15) is 0 Å². The van der Waals surface area contributed by atoms with Gasteiger partial charge in [-0.15, -0.1) is 0 Å². The first-order chi connectivity index (χ1) is 12.0. The number of carbonyl (C=O) groups excluding carboxylic acids is 1. The molecule has 25 heavy (non-hydrogen) atoms. The van der Waals surface area contributed by atoms with E-state index < -0.39 is 0 Å². The van der Waals surface area contributed by atoms with Crippen LogP contribution in [0.4, 0.5) is 0 Å². The quantitative estimate of drug-likeness (QED) is 0.859. The van der Waals surface area contributed by atoms with E-state index in [9.17, 15) is 4.79 Å². The Kier molecular flexibility index (Phi) is 5.04. The Balaban J connectivity index is 1.84. The number of aromatic nitrogens is 1. The van der Waals surface area contributed by atoms with Crippen LogP contribution < -0.4 is 4.74 Å². The molecule has 0 bridgehead atoms. The molecule has 0 unspecified atom stereocenters. The van der Waals surface area contributed by atoms with Crippen LogP contribution in [0.2, 0.25) is 0 Å². The molecule has 2 heterocycles. The molecule has 1 aliphatic rings. The molecule has 0 saturated carbocycles. The van der Waals surface area contributed by atoms with Crippen molar-refractivity contribution in [3.05, 3.63) is 59.3 Å². The fourth-order valence-corrected chi connectivity index (χ4v) is 3.45. The van der Waals surface area contributed by atoms with Crippen LogP contribution in [0.3, 0.4) is 0 Å². The Bertz CT molecular complexity index is 743. The molecule has 5 heteroatoms. The summed E-state index contributed by atoms with van der Waals surface area (Å²) in [6.07, 6.45) is 1.61. The van der Waals surface area contributed by atoms with Gasteiger partial charge in [0.05, 0.1) is 7.11 Å². The molecule has 2 atom stereocenters. The van der Waals surface area contributed by atoms with E-state index >= 15 is 0 Å². The lowest BCUT2D eigenvalue weighted by Crippen LogP contribution is -2.35. The smallest absolute Gasteiger partial charge is 0.254 e. The molecule has 1 aromatic heterocycles. The number of nitrogens with zero attached hydrogens (tertiary/aromatic N) is 3. The lowest BCUT2D eigenvalue weighted by molar-refractivity contribution is 0.0782. The molecule has 1 saturated heterocycles. The molecule has 1 aromatic carbocycles. The minimum Gasteiger partial charge on any atom is -0.481 e. The molecule has 0 radical (unpaired) electrons. The third kappa shape index (κ3) is 3.66. The van der Waals surface area contributed by atoms with Crippen LogP contribution in [0.25, 0.3) is 0 Å². The zero-order valence-electron chi connectivity index (χ0n) is 15.3. The van der Waals surface area contributed by atoms with Gasteiger partial charge in [0.2, 0.25) is 5.88 Å². The summed E-state index contributed by atoms with van der Waals surface area (Å²) in [5, 5.41) is 0. The van der Waals surface area contributed by atoms with E-state index in [0.717, 1.165) is 13.1 Å². The van der Waals surface area contributed by atoms with E-state index in [4.69, 9.17) is 4.74 Å². The topological polar surface area (TPSA) is 45.7 Å². The maximum atomic E-state index is 12.9. The monoisotopic (exact) mass is 339 g/mol. The van der Waals surface area contributed by atoms with Gasteiger partial charge >= 0.3 is 0 Å². The summed E-state index contributed by atoms with van der Waals surface area (Å²) in [5.41, 5.74) is 3.15. The van der Waals surface area contributed by atoms with Crippen molar-refractivity contribution in [1.82, 2.24) is 14.8 Å². The van der Waals surface area contributed by atoms with Crippen molar-refractivity contribution in [2.45, 2.75) is 18.9 Å². The zero-order chi connectivity index (χ0) is 18.0. The maximum Gasteiger partial charge on any atom is 0.254 e. The number of pyridine rings is 1. The second-order valence-electron chi connectivity index (χ2n) is 6.85. The van der Waals surface area contributed by atoms with Crippen molar-refractivity contribution < 1.29 is 9.53 Å². The molecule has 3 rings (SSSR count). The van der Waals surface area contributed by atoms with Gasteiger partial charge in [0.15, 0.2) is 0 Å². The van der Waals surface area contributed by atoms with Crippen molar-refractivity contribution in [3.8, 4) is 5.88 Å². The summed E-state index contributed by atoms with van der Waals surface area (Å²) in [4.78, 5) is 21.2. The highest BCUT2D eigenvalue weighted by Crippen LogP contribution is 2.31. The molecule has 5 nitrogen and oxygen atoms in total. The third-order valence-corrected chi connectivity index (χ3v) is 4.94. The standard InChI is InChI=1S/C20H25N3O2/c1-14-5-7-15(8-6-14)17-12-23(13-18(17)22(2)3)20(24)16-9-10-21-19(11-16)25-4/h5-11,17-18H,12-13H2,1-4H3/t17-,18+/m0/s1. The molecule has 0 aliphatic carbocycles. The SMILES string of the molecule is COc1cc(C(=O)N2C[C@@H](N(C)C)[C@H](c3ccc(C)cc3)C2)ccn1. The molecule has 0 N–H and O–H groups in total. The molecule has 1 fully saturated rings. The van der Waals surface area contributed by atoms with E-state index in [1.54, 1.807) is 25.4 Å². The number of methoxy groups -OCH3 is 1. The minimum atomic E-state index is 0.0298. The van der Waals surface area contributed by atoms with Crippen molar-refractivity contribution in [3.63, 3.8) is 0 Å². The van der Waals surface area contributed by atoms with Gasteiger partial charge in [-0.1, -0.05) is 29.8 Å². The summed E-state index contributed by atoms with van der Waals surface area (Å²) in [7, 11) is 5.71. The number of likely N-dealkylation sites (N-methyl/N-ethyl adjacent to an activating group) is 1. The van der Waals surface area contributed by atoms with E-state index in [-0.39, 0.29) is 5.91 Å². The molecular weight excluding hydrogens is 314 g/mol. The fourth-order valence-electron chi connectivity index (χ4n) is 3.45. The number of ether oxygens (including phenoxy) is 1.